The molecule has 23 heavy (non-hydrogen) atoms. The van der Waals surface area contributed by atoms with Gasteiger partial charge < -0.3 is 9.73 Å². The van der Waals surface area contributed by atoms with E-state index in [1.807, 2.05) is 19.1 Å². The van der Waals surface area contributed by atoms with E-state index >= 15 is 0 Å². The number of nitrogens with zero attached hydrogens (tertiary/aromatic N) is 2. The van der Waals surface area contributed by atoms with Gasteiger partial charge in [0.25, 0.3) is 0 Å². The van der Waals surface area contributed by atoms with Gasteiger partial charge in [-0.05, 0) is 31.0 Å². The first-order chi connectivity index (χ1) is 11.0. The van der Waals surface area contributed by atoms with Gasteiger partial charge in [-0.15, -0.1) is 0 Å². The van der Waals surface area contributed by atoms with Gasteiger partial charge in [-0.2, -0.15) is 0 Å². The Hall–Kier alpha value is -2.96. The largest absolute Gasteiger partial charge is 0.423 e. The normalized spacial score (nSPS) is 10.9. The van der Waals surface area contributed by atoms with Crippen LogP contribution in [0.4, 0.5) is 0 Å². The molecule has 0 saturated carbocycles. The summed E-state index contributed by atoms with van der Waals surface area (Å²) < 4.78 is 9.76. The van der Waals surface area contributed by atoms with Crippen molar-refractivity contribution in [2.45, 2.75) is 26.8 Å². The Kier molecular flexibility index (Phi) is 3.92. The Morgan fingerprint density at radius 3 is 2.78 bits per heavy atom. The van der Waals surface area contributed by atoms with Crippen LogP contribution in [0.3, 0.4) is 0 Å². The zero-order chi connectivity index (χ0) is 16.4. The standard InChI is InChI=1S/C16H15N3O4/c1-9-3-4-12-11(7-16(21)22-14(12)5-9)6-15(20)17-8-13-10(2)18-23-19-13/h3-5,7H,6,8H2,1-2H3,(H,17,20). The van der Waals surface area contributed by atoms with E-state index in [4.69, 9.17) is 4.42 Å². The van der Waals surface area contributed by atoms with Crippen molar-refractivity contribution >= 4 is 16.9 Å². The Morgan fingerprint density at radius 1 is 1.22 bits per heavy atom. The summed E-state index contributed by atoms with van der Waals surface area (Å²) in [6, 6.07) is 6.89. The highest BCUT2D eigenvalue weighted by Gasteiger charge is 2.12. The highest BCUT2D eigenvalue weighted by Crippen LogP contribution is 2.18. The zero-order valence-electron chi connectivity index (χ0n) is 12.8. The maximum Gasteiger partial charge on any atom is 0.336 e. The molecule has 1 aromatic carbocycles. The second kappa shape index (κ2) is 6.04. The number of fused-ring (bicyclic) bond motifs is 1. The summed E-state index contributed by atoms with van der Waals surface area (Å²) in [5, 5.41) is 10.8. The van der Waals surface area contributed by atoms with Gasteiger partial charge in [-0.3, -0.25) is 4.79 Å². The minimum Gasteiger partial charge on any atom is -0.423 e. The highest BCUT2D eigenvalue weighted by atomic mass is 16.6. The lowest BCUT2D eigenvalue weighted by Gasteiger charge is -2.06. The topological polar surface area (TPSA) is 98.2 Å². The molecule has 1 N–H and O–H groups in total. The van der Waals surface area contributed by atoms with E-state index in [0.717, 1.165) is 10.9 Å². The molecule has 0 unspecified atom stereocenters. The van der Waals surface area contributed by atoms with Crippen molar-refractivity contribution in [3.63, 3.8) is 0 Å². The van der Waals surface area contributed by atoms with Gasteiger partial charge in [0.1, 0.15) is 17.0 Å². The number of nitrogens with one attached hydrogen (secondary N) is 1. The smallest absolute Gasteiger partial charge is 0.336 e. The third kappa shape index (κ3) is 3.28. The summed E-state index contributed by atoms with van der Waals surface area (Å²) in [5.41, 5.74) is 2.83. The lowest BCUT2D eigenvalue weighted by molar-refractivity contribution is -0.120. The van der Waals surface area contributed by atoms with Gasteiger partial charge in [-0.25, -0.2) is 9.42 Å². The first-order valence-corrected chi connectivity index (χ1v) is 7.11. The number of benzene rings is 1. The number of rotatable bonds is 4. The van der Waals surface area contributed by atoms with E-state index in [2.05, 4.69) is 20.3 Å². The van der Waals surface area contributed by atoms with E-state index in [0.29, 0.717) is 22.5 Å². The van der Waals surface area contributed by atoms with Crippen LogP contribution in [0.15, 0.2) is 38.1 Å². The summed E-state index contributed by atoms with van der Waals surface area (Å²) in [5.74, 6) is -0.222. The van der Waals surface area contributed by atoms with E-state index in [1.165, 1.54) is 6.07 Å². The quantitative estimate of drug-likeness (QED) is 0.735. The second-order valence-electron chi connectivity index (χ2n) is 5.34. The predicted octanol–water partition coefficient (Wildman–Crippen LogP) is 1.65. The van der Waals surface area contributed by atoms with Crippen LogP contribution in [0.25, 0.3) is 11.0 Å². The molecule has 0 aliphatic rings. The van der Waals surface area contributed by atoms with Crippen LogP contribution in [-0.2, 0) is 17.8 Å². The molecule has 1 amide bonds. The molecule has 0 fully saturated rings. The van der Waals surface area contributed by atoms with Crippen LogP contribution in [-0.4, -0.2) is 16.2 Å². The fourth-order valence-corrected chi connectivity index (χ4v) is 2.31. The summed E-state index contributed by atoms with van der Waals surface area (Å²) in [7, 11) is 0. The van der Waals surface area contributed by atoms with Crippen molar-refractivity contribution in [1.29, 1.82) is 0 Å². The molecule has 2 heterocycles. The molecule has 7 heteroatoms. The van der Waals surface area contributed by atoms with E-state index in [1.54, 1.807) is 13.0 Å². The molecule has 0 atom stereocenters. The lowest BCUT2D eigenvalue weighted by atomic mass is 10.1. The van der Waals surface area contributed by atoms with Crippen molar-refractivity contribution < 1.29 is 13.8 Å². The molecule has 0 spiro atoms. The third-order valence-electron chi connectivity index (χ3n) is 3.54. The van der Waals surface area contributed by atoms with Gasteiger partial charge in [0, 0.05) is 11.5 Å². The molecule has 0 saturated heterocycles. The number of carbonyl (C=O) groups excluding carboxylic acids is 1. The van der Waals surface area contributed by atoms with Crippen molar-refractivity contribution in [2.75, 3.05) is 0 Å². The Morgan fingerprint density at radius 2 is 2.04 bits per heavy atom. The van der Waals surface area contributed by atoms with Crippen molar-refractivity contribution in [2.24, 2.45) is 0 Å². The molecule has 3 aromatic rings. The van der Waals surface area contributed by atoms with Gasteiger partial charge in [0.05, 0.1) is 13.0 Å². The highest BCUT2D eigenvalue weighted by molar-refractivity contribution is 5.87. The number of hydrogen-bond donors (Lipinski definition) is 1. The molecular weight excluding hydrogens is 298 g/mol. The number of amides is 1. The first kappa shape index (κ1) is 15.0. The third-order valence-corrected chi connectivity index (χ3v) is 3.54. The SMILES string of the molecule is Cc1ccc2c(CC(=O)NCc3nonc3C)cc(=O)oc2c1. The van der Waals surface area contributed by atoms with Crippen LogP contribution < -0.4 is 10.9 Å². The maximum absolute atomic E-state index is 12.1. The summed E-state index contributed by atoms with van der Waals surface area (Å²) in [6.07, 6.45) is 0.0789. The van der Waals surface area contributed by atoms with E-state index in [-0.39, 0.29) is 18.9 Å². The molecule has 0 aliphatic carbocycles. The predicted molar refractivity (Wildman–Crippen MR) is 81.8 cm³/mol. The zero-order valence-corrected chi connectivity index (χ0v) is 12.8. The van der Waals surface area contributed by atoms with Gasteiger partial charge in [0.2, 0.25) is 5.91 Å². The van der Waals surface area contributed by atoms with Crippen LogP contribution in [0, 0.1) is 13.8 Å². The average Bonchev–Trinajstić information content (AvgIpc) is 2.89. The molecular formula is C16H15N3O4. The number of aromatic nitrogens is 2. The number of hydrogen-bond acceptors (Lipinski definition) is 6. The first-order valence-electron chi connectivity index (χ1n) is 7.11. The van der Waals surface area contributed by atoms with Gasteiger partial charge in [-0.1, -0.05) is 22.4 Å². The summed E-state index contributed by atoms with van der Waals surface area (Å²) in [6.45, 7) is 3.88. The van der Waals surface area contributed by atoms with Crippen LogP contribution in [0.1, 0.15) is 22.5 Å². The minimum absolute atomic E-state index is 0.0789. The second-order valence-corrected chi connectivity index (χ2v) is 5.34. The molecule has 0 bridgehead atoms. The monoisotopic (exact) mass is 313 g/mol. The average molecular weight is 313 g/mol. The fraction of sp³-hybridized carbons (Fsp3) is 0.250. The minimum atomic E-state index is -0.470. The summed E-state index contributed by atoms with van der Waals surface area (Å²) in [4.78, 5) is 23.8. The Labute approximate surface area is 131 Å². The Bertz CT molecular complexity index is 926. The van der Waals surface area contributed by atoms with Crippen molar-refractivity contribution in [3.05, 3.63) is 57.2 Å². The number of aryl methyl sites for hydroxylation is 2. The molecule has 3 rings (SSSR count). The van der Waals surface area contributed by atoms with Crippen molar-refractivity contribution in [3.8, 4) is 0 Å². The van der Waals surface area contributed by atoms with Gasteiger partial charge in [0.15, 0.2) is 0 Å². The van der Waals surface area contributed by atoms with Gasteiger partial charge >= 0.3 is 5.63 Å². The molecule has 118 valence electrons. The number of carbonyl (C=O) groups is 1. The van der Waals surface area contributed by atoms with Crippen LogP contribution >= 0.6 is 0 Å². The molecule has 7 nitrogen and oxygen atoms in total. The maximum atomic E-state index is 12.1. The molecule has 2 aromatic heterocycles. The van der Waals surface area contributed by atoms with E-state index in [9.17, 15) is 9.59 Å². The summed E-state index contributed by atoms with van der Waals surface area (Å²) >= 11 is 0. The van der Waals surface area contributed by atoms with Crippen LogP contribution in [0.5, 0.6) is 0 Å². The Balaban J connectivity index is 1.79. The lowest BCUT2D eigenvalue weighted by Crippen LogP contribution is -2.25. The van der Waals surface area contributed by atoms with Crippen molar-refractivity contribution in [1.82, 2.24) is 15.6 Å². The fourth-order valence-electron chi connectivity index (χ4n) is 2.31. The molecule has 0 aliphatic heterocycles. The van der Waals surface area contributed by atoms with E-state index < -0.39 is 5.63 Å². The van der Waals surface area contributed by atoms with Crippen LogP contribution in [0.2, 0.25) is 0 Å². The molecule has 0 radical (unpaired) electrons.